The highest BCUT2D eigenvalue weighted by molar-refractivity contribution is 5.94. The van der Waals surface area contributed by atoms with Gasteiger partial charge in [-0.2, -0.15) is 4.68 Å². The van der Waals surface area contributed by atoms with E-state index < -0.39 is 11.3 Å². The summed E-state index contributed by atoms with van der Waals surface area (Å²) in [6, 6.07) is 11.9. The fourth-order valence-electron chi connectivity index (χ4n) is 4.19. The molecule has 2 aromatic heterocycles. The van der Waals surface area contributed by atoms with Crippen molar-refractivity contribution in [1.29, 1.82) is 0 Å². The second-order valence-electron chi connectivity index (χ2n) is 8.17. The van der Waals surface area contributed by atoms with Crippen LogP contribution in [0.15, 0.2) is 57.5 Å². The Hall–Kier alpha value is -3.88. The quantitative estimate of drug-likeness (QED) is 0.426. The number of pyridine rings is 1. The maximum absolute atomic E-state index is 12.9. The molecule has 0 atom stereocenters. The summed E-state index contributed by atoms with van der Waals surface area (Å²) in [7, 11) is 0. The van der Waals surface area contributed by atoms with Crippen LogP contribution in [0.4, 0.5) is 11.5 Å². The molecule has 4 rings (SSSR count). The number of benzene rings is 1. The van der Waals surface area contributed by atoms with Crippen molar-refractivity contribution < 1.29 is 14.7 Å². The Labute approximate surface area is 190 Å². The normalized spacial score (nSPS) is 14.6. The van der Waals surface area contributed by atoms with Gasteiger partial charge in [-0.05, 0) is 25.8 Å². The summed E-state index contributed by atoms with van der Waals surface area (Å²) >= 11 is 0. The fraction of sp³-hybridized carbons (Fsp3) is 0.333. The number of carbonyl (C=O) groups is 2. The van der Waals surface area contributed by atoms with E-state index in [1.54, 1.807) is 6.07 Å². The molecule has 0 saturated heterocycles. The van der Waals surface area contributed by atoms with Crippen molar-refractivity contribution in [3.05, 3.63) is 58.4 Å². The number of aromatic hydroxyl groups is 1. The summed E-state index contributed by atoms with van der Waals surface area (Å²) in [5.74, 6) is -0.866. The Kier molecular flexibility index (Phi) is 6.30. The van der Waals surface area contributed by atoms with Gasteiger partial charge in [-0.25, -0.2) is 0 Å². The molecule has 1 saturated carbocycles. The number of hydrogen-bond donors (Lipinski definition) is 1. The molecule has 9 nitrogen and oxygen atoms in total. The maximum Gasteiger partial charge on any atom is 0.264 e. The number of ketones is 1. The van der Waals surface area contributed by atoms with Crippen LogP contribution in [0.25, 0.3) is 11.3 Å². The van der Waals surface area contributed by atoms with Crippen molar-refractivity contribution >= 4 is 23.2 Å². The van der Waals surface area contributed by atoms with Crippen LogP contribution in [0.5, 0.6) is 5.88 Å². The monoisotopic (exact) mass is 447 g/mol. The maximum atomic E-state index is 12.9. The van der Waals surface area contributed by atoms with Crippen LogP contribution in [0, 0.1) is 0 Å². The average Bonchev–Trinajstić information content (AvgIpc) is 3.24. The zero-order valence-corrected chi connectivity index (χ0v) is 18.6. The summed E-state index contributed by atoms with van der Waals surface area (Å²) in [6.45, 7) is 2.70. The number of aromatic nitrogens is 3. The van der Waals surface area contributed by atoms with E-state index in [1.165, 1.54) is 29.2 Å². The molecule has 0 aliphatic heterocycles. The molecule has 0 radical (unpaired) electrons. The van der Waals surface area contributed by atoms with E-state index in [4.69, 9.17) is 0 Å². The van der Waals surface area contributed by atoms with Gasteiger partial charge in [-0.1, -0.05) is 49.6 Å². The lowest BCUT2D eigenvalue weighted by Gasteiger charge is -2.25. The zero-order chi connectivity index (χ0) is 23.5. The average molecular weight is 447 g/mol. The lowest BCUT2D eigenvalue weighted by Crippen LogP contribution is -2.30. The van der Waals surface area contributed by atoms with Crippen LogP contribution in [0.3, 0.4) is 0 Å². The minimum absolute atomic E-state index is 0.00371. The van der Waals surface area contributed by atoms with E-state index >= 15 is 0 Å². The van der Waals surface area contributed by atoms with Crippen LogP contribution in [0.1, 0.15) is 67.1 Å². The van der Waals surface area contributed by atoms with E-state index in [2.05, 4.69) is 15.3 Å². The van der Waals surface area contributed by atoms with Crippen molar-refractivity contribution in [3.8, 4) is 17.1 Å². The third kappa shape index (κ3) is 4.52. The standard InChI is InChI=1S/C24H25N5O4/c1-15(30)19-13-20(24(33)28(23(19)32)18-11-7-4-8-12-18)25-26-22-14-21(29(27-22)16(2)31)17-9-5-3-6-10-17/h3,5-6,9-10,13-14,18,33H,4,7-8,11-12H2,1-2H3. The van der Waals surface area contributed by atoms with Gasteiger partial charge < -0.3 is 5.11 Å². The van der Waals surface area contributed by atoms with E-state index in [0.29, 0.717) is 5.69 Å². The first-order valence-corrected chi connectivity index (χ1v) is 10.9. The second kappa shape index (κ2) is 9.32. The zero-order valence-electron chi connectivity index (χ0n) is 18.6. The largest absolute Gasteiger partial charge is 0.493 e. The van der Waals surface area contributed by atoms with E-state index in [1.807, 2.05) is 30.3 Å². The molecule has 0 bridgehead atoms. The van der Waals surface area contributed by atoms with Gasteiger partial charge in [-0.15, -0.1) is 15.3 Å². The van der Waals surface area contributed by atoms with Crippen molar-refractivity contribution in [2.24, 2.45) is 10.2 Å². The number of Topliss-reactive ketones (excluding diaryl/α,β-unsaturated/α-hetero) is 1. The minimum Gasteiger partial charge on any atom is -0.493 e. The number of hydrogen-bond acceptors (Lipinski definition) is 7. The van der Waals surface area contributed by atoms with Gasteiger partial charge in [-0.3, -0.25) is 19.0 Å². The smallest absolute Gasteiger partial charge is 0.264 e. The molecular formula is C24H25N5O4. The molecule has 1 aromatic carbocycles. The van der Waals surface area contributed by atoms with Gasteiger partial charge in [0.15, 0.2) is 11.6 Å². The Morgan fingerprint density at radius 2 is 1.73 bits per heavy atom. The summed E-state index contributed by atoms with van der Waals surface area (Å²) in [4.78, 5) is 37.1. The highest BCUT2D eigenvalue weighted by atomic mass is 16.3. The van der Waals surface area contributed by atoms with Gasteiger partial charge in [0.25, 0.3) is 5.56 Å². The molecule has 0 spiro atoms. The molecule has 9 heteroatoms. The predicted octanol–water partition coefficient (Wildman–Crippen LogP) is 5.20. The first kappa shape index (κ1) is 22.3. The predicted molar refractivity (Wildman–Crippen MR) is 123 cm³/mol. The molecule has 2 heterocycles. The molecule has 1 fully saturated rings. The van der Waals surface area contributed by atoms with Crippen molar-refractivity contribution in [1.82, 2.24) is 14.3 Å². The molecule has 3 aromatic rings. The van der Waals surface area contributed by atoms with Crippen LogP contribution >= 0.6 is 0 Å². The summed E-state index contributed by atoms with van der Waals surface area (Å²) in [5, 5.41) is 23.3. The number of azo groups is 1. The van der Waals surface area contributed by atoms with Crippen molar-refractivity contribution in [2.75, 3.05) is 0 Å². The van der Waals surface area contributed by atoms with Crippen molar-refractivity contribution in [2.45, 2.75) is 52.0 Å². The fourth-order valence-corrected chi connectivity index (χ4v) is 4.19. The topological polar surface area (TPSA) is 119 Å². The molecule has 33 heavy (non-hydrogen) atoms. The Morgan fingerprint density at radius 3 is 2.36 bits per heavy atom. The molecular weight excluding hydrogens is 422 g/mol. The van der Waals surface area contributed by atoms with Gasteiger partial charge >= 0.3 is 0 Å². The van der Waals surface area contributed by atoms with E-state index in [-0.39, 0.29) is 34.9 Å². The van der Waals surface area contributed by atoms with Crippen LogP contribution < -0.4 is 5.56 Å². The third-order valence-electron chi connectivity index (χ3n) is 5.83. The van der Waals surface area contributed by atoms with Crippen molar-refractivity contribution in [3.63, 3.8) is 0 Å². The Morgan fingerprint density at radius 1 is 1.03 bits per heavy atom. The number of carbonyl (C=O) groups excluding carboxylic acids is 2. The van der Waals surface area contributed by atoms with Crippen LogP contribution in [-0.2, 0) is 0 Å². The molecule has 170 valence electrons. The molecule has 1 aliphatic carbocycles. The highest BCUT2D eigenvalue weighted by Crippen LogP contribution is 2.35. The van der Waals surface area contributed by atoms with Crippen LogP contribution in [0.2, 0.25) is 0 Å². The second-order valence-corrected chi connectivity index (χ2v) is 8.17. The molecule has 1 N–H and O–H groups in total. The highest BCUT2D eigenvalue weighted by Gasteiger charge is 2.24. The summed E-state index contributed by atoms with van der Waals surface area (Å²) < 4.78 is 2.50. The SMILES string of the molecule is CC(=O)c1cc(N=Nc2cc(-c3ccccc3)n(C(C)=O)n2)c(O)n(C2CCCCC2)c1=O. The van der Waals surface area contributed by atoms with E-state index in [9.17, 15) is 19.5 Å². The molecule has 0 amide bonds. The molecule has 1 aliphatic rings. The lowest BCUT2D eigenvalue weighted by atomic mass is 9.95. The lowest BCUT2D eigenvalue weighted by molar-refractivity contribution is 0.0923. The van der Waals surface area contributed by atoms with Gasteiger partial charge in [0.05, 0.1) is 11.3 Å². The summed E-state index contributed by atoms with van der Waals surface area (Å²) in [6.07, 6.45) is 4.46. The number of rotatable bonds is 5. The summed E-state index contributed by atoms with van der Waals surface area (Å²) in [5.41, 5.74) is 0.778. The molecule has 0 unspecified atom stereocenters. The van der Waals surface area contributed by atoms with Gasteiger partial charge in [0.1, 0.15) is 5.69 Å². The minimum atomic E-state index is -0.516. The Bertz CT molecular complexity index is 1280. The van der Waals surface area contributed by atoms with E-state index in [0.717, 1.165) is 37.7 Å². The van der Waals surface area contributed by atoms with Crippen LogP contribution in [-0.4, -0.2) is 31.1 Å². The Balaban J connectivity index is 1.77. The third-order valence-corrected chi connectivity index (χ3v) is 5.83. The number of nitrogens with zero attached hydrogens (tertiary/aromatic N) is 5. The van der Waals surface area contributed by atoms with Gasteiger partial charge in [0.2, 0.25) is 11.8 Å². The first-order valence-electron chi connectivity index (χ1n) is 10.9. The first-order chi connectivity index (χ1) is 15.9. The van der Waals surface area contributed by atoms with Gasteiger partial charge in [0, 0.05) is 24.6 Å².